The number of hydrogen-bond donors (Lipinski definition) is 1. The van der Waals surface area contributed by atoms with Crippen molar-refractivity contribution in [3.8, 4) is 0 Å². The average molecular weight is 226 g/mol. The first-order chi connectivity index (χ1) is 8.22. The lowest BCUT2D eigenvalue weighted by molar-refractivity contribution is 0.685. The van der Waals surface area contributed by atoms with Crippen LogP contribution in [-0.4, -0.2) is 12.0 Å². The Labute approximate surface area is 103 Å². The number of aromatic nitrogens is 1. The number of rotatable bonds is 3. The summed E-state index contributed by atoms with van der Waals surface area (Å²) < 4.78 is 0. The van der Waals surface area contributed by atoms with Gasteiger partial charge in [-0.05, 0) is 43.7 Å². The molecule has 2 nitrogen and oxygen atoms in total. The second-order valence-electron chi connectivity index (χ2n) is 4.37. The van der Waals surface area contributed by atoms with Crippen molar-refractivity contribution in [1.29, 1.82) is 0 Å². The van der Waals surface area contributed by atoms with Crippen LogP contribution in [0.4, 0.5) is 0 Å². The van der Waals surface area contributed by atoms with Gasteiger partial charge in [-0.15, -0.1) is 0 Å². The maximum absolute atomic E-state index is 4.15. The van der Waals surface area contributed by atoms with Crippen LogP contribution in [0.25, 0.3) is 0 Å². The quantitative estimate of drug-likeness (QED) is 0.870. The van der Waals surface area contributed by atoms with E-state index in [-0.39, 0.29) is 6.04 Å². The fourth-order valence-corrected chi connectivity index (χ4v) is 2.16. The zero-order valence-electron chi connectivity index (χ0n) is 10.6. The van der Waals surface area contributed by atoms with Crippen LogP contribution in [0.15, 0.2) is 42.7 Å². The number of nitrogens with zero attached hydrogens (tertiary/aromatic N) is 1. The van der Waals surface area contributed by atoms with Gasteiger partial charge < -0.3 is 5.32 Å². The molecule has 1 heterocycles. The van der Waals surface area contributed by atoms with E-state index in [0.29, 0.717) is 0 Å². The maximum atomic E-state index is 4.15. The molecule has 88 valence electrons. The molecule has 0 amide bonds. The zero-order chi connectivity index (χ0) is 12.3. The van der Waals surface area contributed by atoms with Gasteiger partial charge >= 0.3 is 0 Å². The second kappa shape index (κ2) is 5.11. The summed E-state index contributed by atoms with van der Waals surface area (Å²) >= 11 is 0. The van der Waals surface area contributed by atoms with Gasteiger partial charge in [-0.1, -0.05) is 29.8 Å². The topological polar surface area (TPSA) is 24.9 Å². The first-order valence-electron chi connectivity index (χ1n) is 5.86. The van der Waals surface area contributed by atoms with Crippen LogP contribution in [0.3, 0.4) is 0 Å². The second-order valence-corrected chi connectivity index (χ2v) is 4.37. The molecule has 0 saturated carbocycles. The molecule has 0 aliphatic carbocycles. The lowest BCUT2D eigenvalue weighted by Gasteiger charge is -2.19. The van der Waals surface area contributed by atoms with Gasteiger partial charge in [-0.25, -0.2) is 0 Å². The molecule has 1 aromatic carbocycles. The summed E-state index contributed by atoms with van der Waals surface area (Å²) in [7, 11) is 1.99. The van der Waals surface area contributed by atoms with Crippen LogP contribution in [-0.2, 0) is 0 Å². The first-order valence-corrected chi connectivity index (χ1v) is 5.86. The molecule has 0 radical (unpaired) electrons. The highest BCUT2D eigenvalue weighted by Crippen LogP contribution is 2.24. The van der Waals surface area contributed by atoms with Gasteiger partial charge in [0.05, 0.1) is 6.04 Å². The molecule has 0 aliphatic heterocycles. The van der Waals surface area contributed by atoms with Crippen LogP contribution >= 0.6 is 0 Å². The third kappa shape index (κ3) is 2.53. The van der Waals surface area contributed by atoms with Crippen molar-refractivity contribution in [2.45, 2.75) is 19.9 Å². The number of aryl methyl sites for hydroxylation is 2. The minimum absolute atomic E-state index is 0.234. The Morgan fingerprint density at radius 3 is 2.65 bits per heavy atom. The van der Waals surface area contributed by atoms with Gasteiger partial charge in [0.25, 0.3) is 0 Å². The molecule has 2 aromatic rings. The third-order valence-electron chi connectivity index (χ3n) is 3.04. The van der Waals surface area contributed by atoms with Crippen LogP contribution in [0.2, 0.25) is 0 Å². The van der Waals surface area contributed by atoms with E-state index in [1.165, 1.54) is 22.3 Å². The molecular formula is C15H18N2. The van der Waals surface area contributed by atoms with Crippen molar-refractivity contribution < 1.29 is 0 Å². The normalized spacial score (nSPS) is 12.4. The summed E-state index contributed by atoms with van der Waals surface area (Å²) in [4.78, 5) is 4.15. The van der Waals surface area contributed by atoms with Crippen molar-refractivity contribution in [3.63, 3.8) is 0 Å². The van der Waals surface area contributed by atoms with E-state index in [1.807, 2.05) is 19.4 Å². The van der Waals surface area contributed by atoms with E-state index in [0.717, 1.165) is 0 Å². The lowest BCUT2D eigenvalue weighted by atomic mass is 9.95. The summed E-state index contributed by atoms with van der Waals surface area (Å²) in [5, 5.41) is 3.37. The minimum atomic E-state index is 0.234. The number of benzene rings is 1. The molecule has 0 saturated heterocycles. The van der Waals surface area contributed by atoms with Crippen LogP contribution in [0, 0.1) is 13.8 Å². The molecule has 0 aliphatic rings. The van der Waals surface area contributed by atoms with Crippen molar-refractivity contribution in [2.24, 2.45) is 0 Å². The van der Waals surface area contributed by atoms with Crippen molar-refractivity contribution >= 4 is 0 Å². The minimum Gasteiger partial charge on any atom is -0.309 e. The molecule has 0 bridgehead atoms. The molecule has 0 fully saturated rings. The highest BCUT2D eigenvalue weighted by atomic mass is 14.9. The Morgan fingerprint density at radius 1 is 1.18 bits per heavy atom. The molecule has 17 heavy (non-hydrogen) atoms. The highest BCUT2D eigenvalue weighted by Gasteiger charge is 2.13. The maximum Gasteiger partial charge on any atom is 0.0578 e. The van der Waals surface area contributed by atoms with Gasteiger partial charge in [-0.3, -0.25) is 4.98 Å². The fraction of sp³-hybridized carbons (Fsp3) is 0.267. The highest BCUT2D eigenvalue weighted by molar-refractivity contribution is 5.36. The summed E-state index contributed by atoms with van der Waals surface area (Å²) in [6.07, 6.45) is 3.76. The third-order valence-corrected chi connectivity index (χ3v) is 3.04. The molecule has 0 spiro atoms. The van der Waals surface area contributed by atoms with Gasteiger partial charge in [-0.2, -0.15) is 0 Å². The summed E-state index contributed by atoms with van der Waals surface area (Å²) in [6.45, 7) is 4.22. The van der Waals surface area contributed by atoms with Gasteiger partial charge in [0.15, 0.2) is 0 Å². The van der Waals surface area contributed by atoms with Crippen molar-refractivity contribution in [1.82, 2.24) is 10.3 Å². The summed E-state index contributed by atoms with van der Waals surface area (Å²) in [5.41, 5.74) is 5.08. The van der Waals surface area contributed by atoms with Crippen LogP contribution < -0.4 is 5.32 Å². The number of hydrogen-bond acceptors (Lipinski definition) is 2. The van der Waals surface area contributed by atoms with Crippen molar-refractivity contribution in [3.05, 3.63) is 65.0 Å². The molecule has 1 atom stereocenters. The molecule has 1 aromatic heterocycles. The number of pyridine rings is 1. The van der Waals surface area contributed by atoms with Gasteiger partial charge in [0.1, 0.15) is 0 Å². The van der Waals surface area contributed by atoms with E-state index in [1.54, 1.807) is 0 Å². The van der Waals surface area contributed by atoms with E-state index in [4.69, 9.17) is 0 Å². The van der Waals surface area contributed by atoms with E-state index >= 15 is 0 Å². The molecule has 1 N–H and O–H groups in total. The fourth-order valence-electron chi connectivity index (χ4n) is 2.16. The standard InChI is InChI=1S/C15H18N2/c1-11-5-4-6-13(9-11)15(16-3)14-7-8-17-10-12(14)2/h4-10,15-16H,1-3H3. The Kier molecular flexibility index (Phi) is 3.55. The number of nitrogens with one attached hydrogen (secondary N) is 1. The van der Waals surface area contributed by atoms with Crippen LogP contribution in [0.1, 0.15) is 28.3 Å². The Hall–Kier alpha value is -1.67. The van der Waals surface area contributed by atoms with Crippen LogP contribution in [0.5, 0.6) is 0 Å². The molecule has 1 unspecified atom stereocenters. The van der Waals surface area contributed by atoms with Gasteiger partial charge in [0.2, 0.25) is 0 Å². The average Bonchev–Trinajstić information content (AvgIpc) is 2.33. The zero-order valence-corrected chi connectivity index (χ0v) is 10.6. The molecular weight excluding hydrogens is 208 g/mol. The van der Waals surface area contributed by atoms with E-state index in [9.17, 15) is 0 Å². The molecule has 2 heteroatoms. The summed E-state index contributed by atoms with van der Waals surface area (Å²) in [5.74, 6) is 0. The first kappa shape index (κ1) is 11.8. The monoisotopic (exact) mass is 226 g/mol. The van der Waals surface area contributed by atoms with E-state index in [2.05, 4.69) is 54.5 Å². The predicted molar refractivity (Wildman–Crippen MR) is 71.1 cm³/mol. The SMILES string of the molecule is CNC(c1cccc(C)c1)c1ccncc1C. The summed E-state index contributed by atoms with van der Waals surface area (Å²) in [6, 6.07) is 10.9. The Balaban J connectivity index is 2.44. The predicted octanol–water partition coefficient (Wildman–Crippen LogP) is 3.01. The Morgan fingerprint density at radius 2 is 2.00 bits per heavy atom. The van der Waals surface area contributed by atoms with Crippen molar-refractivity contribution in [2.75, 3.05) is 7.05 Å². The Bertz CT molecular complexity index is 506. The molecule has 2 rings (SSSR count). The largest absolute Gasteiger partial charge is 0.309 e. The lowest BCUT2D eigenvalue weighted by Crippen LogP contribution is -2.18. The smallest absolute Gasteiger partial charge is 0.0578 e. The van der Waals surface area contributed by atoms with E-state index < -0.39 is 0 Å². The van der Waals surface area contributed by atoms with Gasteiger partial charge in [0, 0.05) is 12.4 Å².